The Kier molecular flexibility index (Phi) is 4.80. The molecule has 0 saturated carbocycles. The van der Waals surface area contributed by atoms with Crippen molar-refractivity contribution in [2.45, 2.75) is 39.8 Å². The molecule has 0 aliphatic rings. The van der Waals surface area contributed by atoms with Gasteiger partial charge in [-0.2, -0.15) is 0 Å². The van der Waals surface area contributed by atoms with Crippen molar-refractivity contribution in [3.05, 3.63) is 27.9 Å². The maximum atomic E-state index is 11.7. The average Bonchev–Trinajstić information content (AvgIpc) is 2.27. The van der Waals surface area contributed by atoms with Gasteiger partial charge in [0.05, 0.1) is 4.92 Å². The molecule has 1 heterocycles. The Morgan fingerprint density at radius 2 is 2.00 bits per heavy atom. The number of amides is 1. The summed E-state index contributed by atoms with van der Waals surface area (Å²) in [6.07, 6.45) is 0. The summed E-state index contributed by atoms with van der Waals surface area (Å²) < 4.78 is 0. The molecular formula is C12H18N4O3. The van der Waals surface area contributed by atoms with E-state index in [1.165, 1.54) is 12.1 Å². The van der Waals surface area contributed by atoms with Crippen molar-refractivity contribution in [2.75, 3.05) is 5.32 Å². The number of nitro groups is 1. The van der Waals surface area contributed by atoms with Crippen LogP contribution >= 0.6 is 0 Å². The summed E-state index contributed by atoms with van der Waals surface area (Å²) >= 11 is 0. The first-order valence-electron chi connectivity index (χ1n) is 6.00. The molecule has 1 rings (SSSR count). The number of pyridine rings is 1. The van der Waals surface area contributed by atoms with Crippen LogP contribution in [0.3, 0.4) is 0 Å². The van der Waals surface area contributed by atoms with Crippen molar-refractivity contribution in [1.82, 2.24) is 10.3 Å². The summed E-state index contributed by atoms with van der Waals surface area (Å²) in [7, 11) is 0. The number of rotatable bonds is 5. The van der Waals surface area contributed by atoms with Crippen molar-refractivity contribution in [3.63, 3.8) is 0 Å². The van der Waals surface area contributed by atoms with Gasteiger partial charge in [0.2, 0.25) is 5.91 Å². The highest BCUT2D eigenvalue weighted by Crippen LogP contribution is 2.18. The van der Waals surface area contributed by atoms with E-state index in [1.807, 2.05) is 13.8 Å². The van der Waals surface area contributed by atoms with Gasteiger partial charge in [-0.15, -0.1) is 0 Å². The third-order valence-corrected chi connectivity index (χ3v) is 2.44. The zero-order chi connectivity index (χ0) is 14.6. The van der Waals surface area contributed by atoms with Crippen LogP contribution in [0.4, 0.5) is 11.5 Å². The lowest BCUT2D eigenvalue weighted by molar-refractivity contribution is -0.385. The molecule has 19 heavy (non-hydrogen) atoms. The SMILES string of the molecule is Cc1nc(NC(C)C(=O)NC(C)C)ccc1[N+](=O)[O-]. The lowest BCUT2D eigenvalue weighted by atomic mass is 10.2. The van der Waals surface area contributed by atoms with E-state index in [0.29, 0.717) is 11.5 Å². The Morgan fingerprint density at radius 1 is 1.37 bits per heavy atom. The molecule has 7 heteroatoms. The topological polar surface area (TPSA) is 97.2 Å². The van der Waals surface area contributed by atoms with E-state index >= 15 is 0 Å². The molecule has 1 atom stereocenters. The minimum Gasteiger partial charge on any atom is -0.359 e. The summed E-state index contributed by atoms with van der Waals surface area (Å²) in [6, 6.07) is 2.46. The molecule has 0 radical (unpaired) electrons. The summed E-state index contributed by atoms with van der Waals surface area (Å²) in [5.74, 6) is 0.294. The summed E-state index contributed by atoms with van der Waals surface area (Å²) in [5, 5.41) is 16.3. The zero-order valence-electron chi connectivity index (χ0n) is 11.4. The number of nitrogens with one attached hydrogen (secondary N) is 2. The zero-order valence-corrected chi connectivity index (χ0v) is 11.4. The van der Waals surface area contributed by atoms with E-state index in [2.05, 4.69) is 15.6 Å². The number of hydrogen-bond acceptors (Lipinski definition) is 5. The predicted molar refractivity (Wildman–Crippen MR) is 72.0 cm³/mol. The third kappa shape index (κ3) is 4.20. The minimum atomic E-state index is -0.485. The highest BCUT2D eigenvalue weighted by molar-refractivity contribution is 5.84. The highest BCUT2D eigenvalue weighted by atomic mass is 16.6. The molecule has 104 valence electrons. The molecule has 0 aliphatic heterocycles. The van der Waals surface area contributed by atoms with Gasteiger partial charge in [-0.25, -0.2) is 4.98 Å². The summed E-state index contributed by atoms with van der Waals surface area (Å²) in [4.78, 5) is 26.0. The van der Waals surface area contributed by atoms with Crippen LogP contribution in [0.1, 0.15) is 26.5 Å². The van der Waals surface area contributed by atoms with Gasteiger partial charge in [0, 0.05) is 12.1 Å². The van der Waals surface area contributed by atoms with Crippen molar-refractivity contribution in [1.29, 1.82) is 0 Å². The normalized spacial score (nSPS) is 12.1. The number of nitrogens with zero attached hydrogens (tertiary/aromatic N) is 2. The third-order valence-electron chi connectivity index (χ3n) is 2.44. The van der Waals surface area contributed by atoms with Crippen LogP contribution in [0.25, 0.3) is 0 Å². The number of carbonyl (C=O) groups is 1. The predicted octanol–water partition coefficient (Wildman–Crippen LogP) is 1.62. The van der Waals surface area contributed by atoms with Gasteiger partial charge in [0.25, 0.3) is 5.69 Å². The van der Waals surface area contributed by atoms with E-state index in [-0.39, 0.29) is 17.6 Å². The van der Waals surface area contributed by atoms with Gasteiger partial charge < -0.3 is 10.6 Å². The smallest absolute Gasteiger partial charge is 0.290 e. The molecule has 0 bridgehead atoms. The standard InChI is InChI=1S/C12H18N4O3/c1-7(2)13-12(17)9(4)15-11-6-5-10(16(18)19)8(3)14-11/h5-7,9H,1-4H3,(H,13,17)(H,14,15). The van der Waals surface area contributed by atoms with E-state index < -0.39 is 11.0 Å². The average molecular weight is 266 g/mol. The number of aromatic nitrogens is 1. The molecule has 0 fully saturated rings. The number of hydrogen-bond donors (Lipinski definition) is 2. The number of anilines is 1. The Hall–Kier alpha value is -2.18. The summed E-state index contributed by atoms with van der Waals surface area (Å²) in [6.45, 7) is 7.01. The second kappa shape index (κ2) is 6.12. The fourth-order valence-corrected chi connectivity index (χ4v) is 1.52. The molecule has 0 aromatic carbocycles. The highest BCUT2D eigenvalue weighted by Gasteiger charge is 2.16. The van der Waals surface area contributed by atoms with E-state index in [9.17, 15) is 14.9 Å². The fourth-order valence-electron chi connectivity index (χ4n) is 1.52. The second-order valence-electron chi connectivity index (χ2n) is 4.59. The fraction of sp³-hybridized carbons (Fsp3) is 0.500. The van der Waals surface area contributed by atoms with Crippen molar-refractivity contribution in [3.8, 4) is 0 Å². The molecular weight excluding hydrogens is 248 g/mol. The lowest BCUT2D eigenvalue weighted by Gasteiger charge is -2.16. The molecule has 7 nitrogen and oxygen atoms in total. The van der Waals surface area contributed by atoms with Crippen LogP contribution < -0.4 is 10.6 Å². The number of carbonyl (C=O) groups excluding carboxylic acids is 1. The van der Waals surface area contributed by atoms with Crippen LogP contribution in [-0.4, -0.2) is 27.9 Å². The van der Waals surface area contributed by atoms with Crippen LogP contribution in [0.2, 0.25) is 0 Å². The molecule has 1 amide bonds. The van der Waals surface area contributed by atoms with Crippen LogP contribution in [-0.2, 0) is 4.79 Å². The first kappa shape index (κ1) is 14.9. The molecule has 0 saturated heterocycles. The molecule has 2 N–H and O–H groups in total. The van der Waals surface area contributed by atoms with Crippen LogP contribution in [0.5, 0.6) is 0 Å². The first-order chi connectivity index (χ1) is 8.81. The molecule has 1 aromatic rings. The Bertz CT molecular complexity index is 488. The maximum Gasteiger partial charge on any atom is 0.290 e. The molecule has 0 aliphatic carbocycles. The molecule has 0 spiro atoms. The van der Waals surface area contributed by atoms with Gasteiger partial charge in [0.1, 0.15) is 17.6 Å². The Labute approximate surface area is 111 Å². The van der Waals surface area contributed by atoms with Crippen molar-refractivity contribution < 1.29 is 9.72 Å². The van der Waals surface area contributed by atoms with Gasteiger partial charge in [-0.3, -0.25) is 14.9 Å². The number of aryl methyl sites for hydroxylation is 1. The quantitative estimate of drug-likeness (QED) is 0.623. The largest absolute Gasteiger partial charge is 0.359 e. The second-order valence-corrected chi connectivity index (χ2v) is 4.59. The Balaban J connectivity index is 2.75. The van der Waals surface area contributed by atoms with Crippen LogP contribution in [0, 0.1) is 17.0 Å². The van der Waals surface area contributed by atoms with E-state index in [0.717, 1.165) is 0 Å². The molecule has 1 aromatic heterocycles. The van der Waals surface area contributed by atoms with Crippen molar-refractivity contribution >= 4 is 17.4 Å². The Morgan fingerprint density at radius 3 is 2.47 bits per heavy atom. The van der Waals surface area contributed by atoms with Gasteiger partial charge in [-0.05, 0) is 33.8 Å². The van der Waals surface area contributed by atoms with Crippen LogP contribution in [0.15, 0.2) is 12.1 Å². The van der Waals surface area contributed by atoms with E-state index in [1.54, 1.807) is 13.8 Å². The molecule has 1 unspecified atom stereocenters. The van der Waals surface area contributed by atoms with Gasteiger partial charge >= 0.3 is 0 Å². The van der Waals surface area contributed by atoms with Crippen molar-refractivity contribution in [2.24, 2.45) is 0 Å². The van der Waals surface area contributed by atoms with E-state index in [4.69, 9.17) is 0 Å². The first-order valence-corrected chi connectivity index (χ1v) is 6.00. The monoisotopic (exact) mass is 266 g/mol. The summed E-state index contributed by atoms with van der Waals surface area (Å²) in [5.41, 5.74) is 0.274. The van der Waals surface area contributed by atoms with Gasteiger partial charge in [0.15, 0.2) is 0 Å². The maximum absolute atomic E-state index is 11.7. The lowest BCUT2D eigenvalue weighted by Crippen LogP contribution is -2.41. The minimum absolute atomic E-state index is 0.0372. The van der Waals surface area contributed by atoms with Gasteiger partial charge in [-0.1, -0.05) is 0 Å².